The van der Waals surface area contributed by atoms with Gasteiger partial charge >= 0.3 is 0 Å². The fraction of sp³-hybridized carbons (Fsp3) is 0.667. The van der Waals surface area contributed by atoms with Gasteiger partial charge in [-0.25, -0.2) is 0 Å². The molecule has 0 spiro atoms. The van der Waals surface area contributed by atoms with Crippen LogP contribution < -0.4 is 16.8 Å². The molecular weight excluding hydrogens is 304 g/mol. The Labute approximate surface area is 143 Å². The standard InChI is InChI=1S/C18H28N4O2/c1-2-24-18(16(19)23)10-6-15(22-18)17(20,9-5-13-3-4-13)14-7-11-21-12-8-14/h7-8,11-13,15,22H,2-6,9-10,20H2,1H3,(H2,19,23). The molecule has 1 aromatic heterocycles. The van der Waals surface area contributed by atoms with Gasteiger partial charge in [0.2, 0.25) is 0 Å². The van der Waals surface area contributed by atoms with E-state index in [4.69, 9.17) is 16.2 Å². The van der Waals surface area contributed by atoms with Crippen molar-refractivity contribution in [3.8, 4) is 0 Å². The fourth-order valence-corrected chi connectivity index (χ4v) is 3.82. The van der Waals surface area contributed by atoms with E-state index in [1.54, 1.807) is 12.4 Å². The second-order valence-electron chi connectivity index (χ2n) is 7.12. The van der Waals surface area contributed by atoms with Gasteiger partial charge < -0.3 is 16.2 Å². The average molecular weight is 332 g/mol. The first-order valence-electron chi connectivity index (χ1n) is 8.91. The number of hydrogen-bond acceptors (Lipinski definition) is 5. The summed E-state index contributed by atoms with van der Waals surface area (Å²) in [4.78, 5) is 16.1. The maximum absolute atomic E-state index is 12.0. The first-order valence-corrected chi connectivity index (χ1v) is 8.91. The summed E-state index contributed by atoms with van der Waals surface area (Å²) in [6.07, 6.45) is 9.43. The Balaban J connectivity index is 1.84. The molecule has 1 aliphatic carbocycles. The SMILES string of the molecule is CCOC1(C(N)=O)CCC(C(N)(CCC2CC2)c2ccncc2)N1. The Morgan fingerprint density at radius 3 is 2.71 bits per heavy atom. The summed E-state index contributed by atoms with van der Waals surface area (Å²) in [7, 11) is 0. The van der Waals surface area contributed by atoms with Crippen LogP contribution in [-0.2, 0) is 15.1 Å². The smallest absolute Gasteiger partial charge is 0.264 e. The van der Waals surface area contributed by atoms with Crippen molar-refractivity contribution in [2.75, 3.05) is 6.61 Å². The Bertz CT molecular complexity index is 578. The van der Waals surface area contributed by atoms with Gasteiger partial charge in [0.1, 0.15) is 0 Å². The number of hydrogen-bond donors (Lipinski definition) is 3. The lowest BCUT2D eigenvalue weighted by molar-refractivity contribution is -0.146. The van der Waals surface area contributed by atoms with Crippen molar-refractivity contribution in [3.63, 3.8) is 0 Å². The molecule has 0 aromatic carbocycles. The molecule has 1 aromatic rings. The molecule has 3 atom stereocenters. The largest absolute Gasteiger partial charge is 0.366 e. The monoisotopic (exact) mass is 332 g/mol. The van der Waals surface area contributed by atoms with E-state index in [9.17, 15) is 4.79 Å². The molecule has 5 N–H and O–H groups in total. The molecule has 0 bridgehead atoms. The third kappa shape index (κ3) is 3.31. The molecule has 6 heteroatoms. The van der Waals surface area contributed by atoms with Gasteiger partial charge in [0.25, 0.3) is 5.91 Å². The molecule has 132 valence electrons. The highest BCUT2D eigenvalue weighted by Crippen LogP contribution is 2.41. The van der Waals surface area contributed by atoms with Gasteiger partial charge in [0, 0.05) is 31.5 Å². The van der Waals surface area contributed by atoms with Gasteiger partial charge in [-0.05, 0) is 49.8 Å². The molecule has 2 aliphatic rings. The van der Waals surface area contributed by atoms with E-state index in [1.165, 1.54) is 12.8 Å². The molecule has 1 saturated carbocycles. The number of rotatable bonds is 8. The highest BCUT2D eigenvalue weighted by Gasteiger charge is 2.51. The van der Waals surface area contributed by atoms with Crippen LogP contribution in [0.2, 0.25) is 0 Å². The van der Waals surface area contributed by atoms with Gasteiger partial charge in [0.05, 0.1) is 5.54 Å². The van der Waals surface area contributed by atoms with E-state index in [1.807, 2.05) is 19.1 Å². The molecule has 1 aliphatic heterocycles. The highest BCUT2D eigenvalue weighted by molar-refractivity contribution is 5.83. The van der Waals surface area contributed by atoms with Crippen molar-refractivity contribution in [3.05, 3.63) is 30.1 Å². The van der Waals surface area contributed by atoms with Gasteiger partial charge in [-0.2, -0.15) is 0 Å². The number of amides is 1. The van der Waals surface area contributed by atoms with Crippen LogP contribution in [-0.4, -0.2) is 29.3 Å². The fourth-order valence-electron chi connectivity index (χ4n) is 3.82. The predicted molar refractivity (Wildman–Crippen MR) is 91.8 cm³/mol. The lowest BCUT2D eigenvalue weighted by Crippen LogP contribution is -2.61. The van der Waals surface area contributed by atoms with Crippen molar-refractivity contribution in [2.45, 2.75) is 62.8 Å². The molecule has 24 heavy (non-hydrogen) atoms. The Hall–Kier alpha value is -1.50. The van der Waals surface area contributed by atoms with Crippen molar-refractivity contribution >= 4 is 5.91 Å². The Morgan fingerprint density at radius 1 is 1.42 bits per heavy atom. The maximum Gasteiger partial charge on any atom is 0.264 e. The second-order valence-corrected chi connectivity index (χ2v) is 7.12. The summed E-state index contributed by atoms with van der Waals surface area (Å²) in [6.45, 7) is 2.29. The minimum atomic E-state index is -1.10. The normalized spacial score (nSPS) is 29.3. The first-order chi connectivity index (χ1) is 11.5. The Morgan fingerprint density at radius 2 is 2.12 bits per heavy atom. The van der Waals surface area contributed by atoms with Gasteiger partial charge in [-0.3, -0.25) is 15.1 Å². The number of carbonyl (C=O) groups is 1. The molecule has 1 saturated heterocycles. The maximum atomic E-state index is 12.0. The van der Waals surface area contributed by atoms with Crippen molar-refractivity contribution in [2.24, 2.45) is 17.4 Å². The number of primary amides is 1. The first kappa shape index (κ1) is 17.3. The lowest BCUT2D eigenvalue weighted by Gasteiger charge is -2.38. The molecule has 2 fully saturated rings. The van der Waals surface area contributed by atoms with Crippen molar-refractivity contribution in [1.82, 2.24) is 10.3 Å². The number of aromatic nitrogens is 1. The number of nitrogens with two attached hydrogens (primary N) is 2. The number of nitrogens with one attached hydrogen (secondary N) is 1. The average Bonchev–Trinajstić information content (AvgIpc) is 3.32. The van der Waals surface area contributed by atoms with Crippen LogP contribution in [0.1, 0.15) is 51.0 Å². The molecule has 3 unspecified atom stereocenters. The molecule has 2 heterocycles. The predicted octanol–water partition coefficient (Wildman–Crippen LogP) is 1.40. The van der Waals surface area contributed by atoms with Crippen LogP contribution in [0.3, 0.4) is 0 Å². The summed E-state index contributed by atoms with van der Waals surface area (Å²) in [5, 5.41) is 3.35. The quantitative estimate of drug-likeness (QED) is 0.667. The molecule has 1 amide bonds. The summed E-state index contributed by atoms with van der Waals surface area (Å²) in [6, 6.07) is 3.89. The van der Waals surface area contributed by atoms with E-state index in [0.29, 0.717) is 13.0 Å². The minimum absolute atomic E-state index is 0.0577. The lowest BCUT2D eigenvalue weighted by atomic mass is 9.79. The van der Waals surface area contributed by atoms with Crippen LogP contribution in [0.25, 0.3) is 0 Å². The zero-order valence-electron chi connectivity index (χ0n) is 14.3. The number of ether oxygens (including phenoxy) is 1. The third-order valence-corrected chi connectivity index (χ3v) is 5.48. The van der Waals surface area contributed by atoms with E-state index in [2.05, 4.69) is 10.3 Å². The molecule has 3 rings (SSSR count). The van der Waals surface area contributed by atoms with Crippen molar-refractivity contribution < 1.29 is 9.53 Å². The van der Waals surface area contributed by atoms with Crippen LogP contribution in [0.15, 0.2) is 24.5 Å². The van der Waals surface area contributed by atoms with E-state index < -0.39 is 17.2 Å². The zero-order chi connectivity index (χ0) is 17.2. The zero-order valence-corrected chi connectivity index (χ0v) is 14.3. The molecule has 6 nitrogen and oxygen atoms in total. The topological polar surface area (TPSA) is 103 Å². The van der Waals surface area contributed by atoms with E-state index in [-0.39, 0.29) is 6.04 Å². The van der Waals surface area contributed by atoms with Crippen LogP contribution >= 0.6 is 0 Å². The minimum Gasteiger partial charge on any atom is -0.366 e. The van der Waals surface area contributed by atoms with Crippen LogP contribution in [0.4, 0.5) is 0 Å². The van der Waals surface area contributed by atoms with Gasteiger partial charge in [0.15, 0.2) is 5.72 Å². The number of pyridine rings is 1. The summed E-state index contributed by atoms with van der Waals surface area (Å²) < 4.78 is 5.70. The van der Waals surface area contributed by atoms with E-state index >= 15 is 0 Å². The summed E-state index contributed by atoms with van der Waals surface area (Å²) in [5.41, 5.74) is 11.9. The third-order valence-electron chi connectivity index (χ3n) is 5.48. The van der Waals surface area contributed by atoms with Gasteiger partial charge in [-0.1, -0.05) is 12.8 Å². The number of nitrogens with zero attached hydrogens (tertiary/aromatic N) is 1. The van der Waals surface area contributed by atoms with Crippen LogP contribution in [0, 0.1) is 5.92 Å². The Kier molecular flexibility index (Phi) is 4.90. The summed E-state index contributed by atoms with van der Waals surface area (Å²) in [5.74, 6) is 0.329. The summed E-state index contributed by atoms with van der Waals surface area (Å²) >= 11 is 0. The van der Waals surface area contributed by atoms with Crippen molar-refractivity contribution in [1.29, 1.82) is 0 Å². The number of carbonyl (C=O) groups excluding carboxylic acids is 1. The van der Waals surface area contributed by atoms with Crippen LogP contribution in [0.5, 0.6) is 0 Å². The molecule has 0 radical (unpaired) electrons. The molecular formula is C18H28N4O2. The van der Waals surface area contributed by atoms with Gasteiger partial charge in [-0.15, -0.1) is 0 Å². The second kappa shape index (κ2) is 6.78. The highest BCUT2D eigenvalue weighted by atomic mass is 16.5. The van der Waals surface area contributed by atoms with E-state index in [0.717, 1.165) is 30.7 Å².